The Bertz CT molecular complexity index is 1500. The van der Waals surface area contributed by atoms with Crippen molar-refractivity contribution in [3.8, 4) is 11.5 Å². The third-order valence-electron chi connectivity index (χ3n) is 11.1. The molecule has 7 rings (SSSR count). The van der Waals surface area contributed by atoms with Gasteiger partial charge >= 0.3 is 0 Å². The lowest BCUT2D eigenvalue weighted by atomic mass is 9.90. The largest absolute Gasteiger partial charge is 0.497 e. The summed E-state index contributed by atoms with van der Waals surface area (Å²) < 4.78 is 12.1. The SMILES string of the molecule is COc1ccc([N+]2(c3ccc(OC)cc3)CCN(CCC3CCc4ccccc43)CC2CCC2CCc3ccccc32)cc1. The van der Waals surface area contributed by atoms with Crippen molar-refractivity contribution in [2.24, 2.45) is 0 Å². The van der Waals surface area contributed by atoms with Crippen molar-refractivity contribution in [3.63, 3.8) is 0 Å². The van der Waals surface area contributed by atoms with Crippen LogP contribution in [0.1, 0.15) is 66.2 Å². The Morgan fingerprint density at radius 1 is 0.636 bits per heavy atom. The Hall–Kier alpha value is -3.60. The number of benzene rings is 4. The zero-order chi connectivity index (χ0) is 29.9. The zero-order valence-corrected chi connectivity index (χ0v) is 26.5. The summed E-state index contributed by atoms with van der Waals surface area (Å²) in [6.07, 6.45) is 8.72. The molecule has 228 valence electrons. The number of nitrogens with zero attached hydrogens (tertiary/aromatic N) is 2. The number of hydrogen-bond donors (Lipinski definition) is 0. The standard InChI is InChI=1S/C40H47N2O2/c1-43-37-21-17-34(18-22-37)42(35-19-23-38(44-2)24-20-35)28-27-41(26-25-33-14-12-31-8-4-6-10-40(31)33)29-36(42)16-15-32-13-11-30-7-3-5-9-39(30)32/h3-10,17-24,32-33,36H,11-16,25-29H2,1-2H3/q+1. The minimum atomic E-state index is 0.453. The molecular weight excluding hydrogens is 540 g/mol. The van der Waals surface area contributed by atoms with E-state index in [1.807, 2.05) is 0 Å². The average Bonchev–Trinajstić information content (AvgIpc) is 3.70. The topological polar surface area (TPSA) is 21.7 Å². The van der Waals surface area contributed by atoms with Crippen molar-refractivity contribution in [2.45, 2.75) is 62.8 Å². The van der Waals surface area contributed by atoms with Crippen LogP contribution in [0.2, 0.25) is 0 Å². The summed E-state index contributed by atoms with van der Waals surface area (Å²) in [6.45, 7) is 4.44. The van der Waals surface area contributed by atoms with E-state index in [4.69, 9.17) is 9.47 Å². The minimum Gasteiger partial charge on any atom is -0.497 e. The van der Waals surface area contributed by atoms with Crippen molar-refractivity contribution in [1.29, 1.82) is 0 Å². The van der Waals surface area contributed by atoms with Crippen LogP contribution in [0.3, 0.4) is 0 Å². The summed E-state index contributed by atoms with van der Waals surface area (Å²) in [5.74, 6) is 3.18. The van der Waals surface area contributed by atoms with Gasteiger partial charge in [0, 0.05) is 37.2 Å². The third-order valence-corrected chi connectivity index (χ3v) is 11.1. The van der Waals surface area contributed by atoms with E-state index >= 15 is 0 Å². The first-order chi connectivity index (χ1) is 21.7. The van der Waals surface area contributed by atoms with Crippen molar-refractivity contribution in [1.82, 2.24) is 9.38 Å². The predicted molar refractivity (Wildman–Crippen MR) is 181 cm³/mol. The van der Waals surface area contributed by atoms with Crippen molar-refractivity contribution in [2.75, 3.05) is 40.4 Å². The Morgan fingerprint density at radius 3 is 1.70 bits per heavy atom. The van der Waals surface area contributed by atoms with Gasteiger partial charge in [-0.15, -0.1) is 0 Å². The second-order valence-corrected chi connectivity index (χ2v) is 13.2. The van der Waals surface area contributed by atoms with Crippen LogP contribution in [-0.2, 0) is 12.8 Å². The number of ether oxygens (including phenoxy) is 2. The number of quaternary nitrogens is 1. The fourth-order valence-corrected chi connectivity index (χ4v) is 8.67. The Morgan fingerprint density at radius 2 is 1.16 bits per heavy atom. The normalized spacial score (nSPS) is 22.4. The van der Waals surface area contributed by atoms with E-state index in [0.29, 0.717) is 17.9 Å². The molecule has 0 saturated carbocycles. The van der Waals surface area contributed by atoms with E-state index in [9.17, 15) is 0 Å². The van der Waals surface area contributed by atoms with Crippen LogP contribution < -0.4 is 14.0 Å². The second-order valence-electron chi connectivity index (χ2n) is 13.2. The smallest absolute Gasteiger partial charge is 0.138 e. The molecule has 1 fully saturated rings. The maximum atomic E-state index is 5.59. The fraction of sp³-hybridized carbons (Fsp3) is 0.400. The molecular formula is C40H47N2O2+. The van der Waals surface area contributed by atoms with Crippen LogP contribution in [0.25, 0.3) is 0 Å². The van der Waals surface area contributed by atoms with Gasteiger partial charge in [0.1, 0.15) is 35.5 Å². The Kier molecular flexibility index (Phi) is 8.47. The van der Waals surface area contributed by atoms with Crippen molar-refractivity contribution < 1.29 is 9.47 Å². The molecule has 1 heterocycles. The highest BCUT2D eigenvalue weighted by molar-refractivity contribution is 5.62. The summed E-state index contributed by atoms with van der Waals surface area (Å²) in [5.41, 5.74) is 9.04. The lowest BCUT2D eigenvalue weighted by molar-refractivity contribution is 0.108. The van der Waals surface area contributed by atoms with Gasteiger partial charge in [-0.1, -0.05) is 48.5 Å². The van der Waals surface area contributed by atoms with Gasteiger partial charge in [0.15, 0.2) is 0 Å². The van der Waals surface area contributed by atoms with Crippen LogP contribution in [0.5, 0.6) is 11.5 Å². The molecule has 4 heteroatoms. The first-order valence-electron chi connectivity index (χ1n) is 16.7. The van der Waals surface area contributed by atoms with Crippen LogP contribution in [-0.4, -0.2) is 51.3 Å². The van der Waals surface area contributed by atoms with E-state index in [1.54, 1.807) is 36.5 Å². The number of piperazine rings is 1. The van der Waals surface area contributed by atoms with E-state index < -0.39 is 0 Å². The monoisotopic (exact) mass is 587 g/mol. The first kappa shape index (κ1) is 29.1. The molecule has 1 saturated heterocycles. The lowest BCUT2D eigenvalue weighted by Gasteiger charge is -2.50. The number of fused-ring (bicyclic) bond motifs is 2. The van der Waals surface area contributed by atoms with Gasteiger partial charge in [0.2, 0.25) is 0 Å². The summed E-state index contributed by atoms with van der Waals surface area (Å²) in [7, 11) is 3.51. The van der Waals surface area contributed by atoms with Gasteiger partial charge in [-0.05, 0) is 103 Å². The number of aryl methyl sites for hydroxylation is 2. The average molecular weight is 588 g/mol. The molecule has 0 bridgehead atoms. The summed E-state index contributed by atoms with van der Waals surface area (Å²) in [6, 6.07) is 36.6. The molecule has 4 aromatic rings. The van der Waals surface area contributed by atoms with E-state index in [1.165, 1.54) is 62.9 Å². The summed E-state index contributed by atoms with van der Waals surface area (Å²) in [5, 5.41) is 0. The molecule has 2 aliphatic carbocycles. The highest BCUT2D eigenvalue weighted by Gasteiger charge is 2.46. The number of rotatable bonds is 10. The van der Waals surface area contributed by atoms with Crippen LogP contribution in [0.4, 0.5) is 11.4 Å². The van der Waals surface area contributed by atoms with Gasteiger partial charge in [0.05, 0.1) is 20.8 Å². The fourth-order valence-electron chi connectivity index (χ4n) is 8.67. The van der Waals surface area contributed by atoms with Gasteiger partial charge in [-0.25, -0.2) is 0 Å². The highest BCUT2D eigenvalue weighted by atomic mass is 16.5. The molecule has 3 aliphatic rings. The maximum Gasteiger partial charge on any atom is 0.138 e. The molecule has 1 aliphatic heterocycles. The van der Waals surface area contributed by atoms with Crippen LogP contribution in [0, 0.1) is 0 Å². The Balaban J connectivity index is 1.19. The summed E-state index contributed by atoms with van der Waals surface area (Å²) in [4.78, 5) is 2.79. The van der Waals surface area contributed by atoms with Gasteiger partial charge < -0.3 is 9.47 Å². The first-order valence-corrected chi connectivity index (χ1v) is 16.7. The molecule has 0 radical (unpaired) electrons. The molecule has 0 N–H and O–H groups in total. The Labute approximate surface area is 263 Å². The third kappa shape index (κ3) is 5.55. The van der Waals surface area contributed by atoms with Crippen LogP contribution in [0.15, 0.2) is 97.1 Å². The molecule has 4 nitrogen and oxygen atoms in total. The predicted octanol–water partition coefficient (Wildman–Crippen LogP) is 8.66. The maximum absolute atomic E-state index is 5.59. The minimum absolute atomic E-state index is 0.453. The van der Waals surface area contributed by atoms with E-state index in [-0.39, 0.29) is 0 Å². The second kappa shape index (κ2) is 12.8. The van der Waals surface area contributed by atoms with Crippen molar-refractivity contribution >= 4 is 11.4 Å². The summed E-state index contributed by atoms with van der Waals surface area (Å²) >= 11 is 0. The zero-order valence-electron chi connectivity index (χ0n) is 26.5. The van der Waals surface area contributed by atoms with Gasteiger partial charge in [-0.3, -0.25) is 9.38 Å². The molecule has 3 atom stereocenters. The van der Waals surface area contributed by atoms with E-state index in [0.717, 1.165) is 35.6 Å². The molecule has 0 spiro atoms. The number of hydrogen-bond acceptors (Lipinski definition) is 3. The van der Waals surface area contributed by atoms with Gasteiger partial charge in [-0.2, -0.15) is 0 Å². The van der Waals surface area contributed by atoms with Crippen molar-refractivity contribution in [3.05, 3.63) is 119 Å². The molecule has 3 unspecified atom stereocenters. The quantitative estimate of drug-likeness (QED) is 0.173. The van der Waals surface area contributed by atoms with E-state index in [2.05, 4.69) is 102 Å². The molecule has 0 aromatic heterocycles. The molecule has 0 amide bonds. The lowest BCUT2D eigenvalue weighted by Crippen LogP contribution is -2.64. The number of methoxy groups -OCH3 is 2. The molecule has 44 heavy (non-hydrogen) atoms. The highest BCUT2D eigenvalue weighted by Crippen LogP contribution is 2.45. The van der Waals surface area contributed by atoms with Gasteiger partial charge in [0.25, 0.3) is 0 Å². The molecule has 4 aromatic carbocycles. The van der Waals surface area contributed by atoms with Crippen LogP contribution >= 0.6 is 0 Å².